The van der Waals surface area contributed by atoms with Crippen LogP contribution in [0.3, 0.4) is 0 Å². The number of amides is 4. The highest BCUT2D eigenvalue weighted by atomic mass is 32.2. The maximum Gasteiger partial charge on any atom is 0.407 e. The standard InChI is InChI=1S/C25H41N3O5S.C19H24N2O3S2/c1-5-6-7-8-16-26-23(29)28-18-14-22(15-19-28)34(31,32)21-11-9-20(10-12-21)13-17-27-24(30)33-25(2,3)4;1-14-9-13-25-18(14)19(22)21-11-7-17(8-12-21)26(23,24)16-4-2-15(3-5-16)6-10-20/h9-12,22H,5-8,13-19H2,1-4H3,(H,26,29)(H,27,30);2-5,9,13,17H,6-8,10-12,20H2,1H3. The Bertz CT molecular complexity index is 2050. The largest absolute Gasteiger partial charge is 0.444 e. The molecule has 13 nitrogen and oxygen atoms in total. The Morgan fingerprint density at radius 2 is 1.25 bits per heavy atom. The first-order valence-electron chi connectivity index (χ1n) is 21.1. The van der Waals surface area contributed by atoms with Crippen LogP contribution in [0.1, 0.15) is 105 Å². The van der Waals surface area contributed by atoms with E-state index in [0.29, 0.717) is 87.7 Å². The molecule has 5 rings (SSSR count). The van der Waals surface area contributed by atoms with Crippen molar-refractivity contribution in [2.45, 2.75) is 125 Å². The number of carbonyl (C=O) groups excluding carboxylic acids is 3. The van der Waals surface area contributed by atoms with Crippen LogP contribution < -0.4 is 16.4 Å². The minimum absolute atomic E-state index is 0.0134. The molecule has 4 amide bonds. The number of nitrogens with one attached hydrogen (secondary N) is 2. The van der Waals surface area contributed by atoms with E-state index in [1.165, 1.54) is 17.8 Å². The Labute approximate surface area is 361 Å². The van der Waals surface area contributed by atoms with E-state index in [2.05, 4.69) is 17.6 Å². The smallest absolute Gasteiger partial charge is 0.407 e. The van der Waals surface area contributed by atoms with Gasteiger partial charge in [-0.2, -0.15) is 0 Å². The summed E-state index contributed by atoms with van der Waals surface area (Å²) in [5.74, 6) is 0.0134. The number of urea groups is 1. The molecule has 16 heteroatoms. The van der Waals surface area contributed by atoms with Crippen molar-refractivity contribution in [1.82, 2.24) is 20.4 Å². The first-order chi connectivity index (χ1) is 28.5. The topological polar surface area (TPSA) is 185 Å². The zero-order chi connectivity index (χ0) is 43.9. The molecule has 0 radical (unpaired) electrons. The summed E-state index contributed by atoms with van der Waals surface area (Å²) in [5.41, 5.74) is 7.94. The first kappa shape index (κ1) is 48.7. The maximum atomic E-state index is 13.1. The Kier molecular flexibility index (Phi) is 18.4. The first-order valence-corrected chi connectivity index (χ1v) is 25.1. The van der Waals surface area contributed by atoms with E-state index in [1.54, 1.807) is 67.0 Å². The second-order valence-corrected chi connectivity index (χ2v) is 21.9. The number of ether oxygens (including phenoxy) is 1. The van der Waals surface area contributed by atoms with Crippen LogP contribution >= 0.6 is 11.3 Å². The van der Waals surface area contributed by atoms with Gasteiger partial charge in [0.1, 0.15) is 5.60 Å². The molecule has 0 aliphatic carbocycles. The number of rotatable bonds is 15. The van der Waals surface area contributed by atoms with E-state index in [4.69, 9.17) is 10.5 Å². The molecule has 2 aromatic carbocycles. The molecule has 2 fully saturated rings. The summed E-state index contributed by atoms with van der Waals surface area (Å²) in [6.45, 7) is 12.9. The van der Waals surface area contributed by atoms with Gasteiger partial charge in [0.05, 0.1) is 25.2 Å². The van der Waals surface area contributed by atoms with Crippen molar-refractivity contribution in [2.24, 2.45) is 5.73 Å². The number of unbranched alkanes of at least 4 members (excludes halogenated alkanes) is 3. The number of nitrogens with zero attached hydrogens (tertiary/aromatic N) is 2. The maximum absolute atomic E-state index is 13.1. The van der Waals surface area contributed by atoms with E-state index in [-0.39, 0.29) is 11.9 Å². The number of carbonyl (C=O) groups is 3. The summed E-state index contributed by atoms with van der Waals surface area (Å²) >= 11 is 1.44. The number of thiophene rings is 1. The van der Waals surface area contributed by atoms with E-state index < -0.39 is 41.9 Å². The van der Waals surface area contributed by atoms with E-state index >= 15 is 0 Å². The van der Waals surface area contributed by atoms with Crippen molar-refractivity contribution >= 4 is 49.0 Å². The van der Waals surface area contributed by atoms with Gasteiger partial charge in [-0.1, -0.05) is 50.5 Å². The van der Waals surface area contributed by atoms with Crippen LogP contribution in [-0.2, 0) is 37.3 Å². The summed E-state index contributed by atoms with van der Waals surface area (Å²) in [6.07, 6.45) is 7.07. The summed E-state index contributed by atoms with van der Waals surface area (Å²) in [4.78, 5) is 41.5. The molecule has 1 aromatic heterocycles. The monoisotopic (exact) mass is 887 g/mol. The van der Waals surface area contributed by atoms with Crippen LogP contribution in [0.4, 0.5) is 9.59 Å². The molecule has 2 aliphatic heterocycles. The highest BCUT2D eigenvalue weighted by molar-refractivity contribution is 7.92. The SMILES string of the molecule is CCCCCCNC(=O)N1CCC(S(=O)(=O)c2ccc(CCNC(=O)OC(C)(C)C)cc2)CC1.Cc1ccsc1C(=O)N1CCC(S(=O)(=O)c2ccc(CCN)cc2)CC1. The zero-order valence-electron chi connectivity index (χ0n) is 35.9. The van der Waals surface area contributed by atoms with Crippen LogP contribution in [0.25, 0.3) is 0 Å². The number of nitrogens with two attached hydrogens (primary N) is 1. The van der Waals surface area contributed by atoms with Gasteiger partial charge < -0.3 is 30.9 Å². The number of alkyl carbamates (subject to hydrolysis) is 1. The zero-order valence-corrected chi connectivity index (χ0v) is 38.4. The van der Waals surface area contributed by atoms with Gasteiger partial charge in [0.15, 0.2) is 19.7 Å². The highest BCUT2D eigenvalue weighted by Gasteiger charge is 2.34. The number of likely N-dealkylation sites (tertiary alicyclic amines) is 2. The average molecular weight is 888 g/mol. The normalized spacial score (nSPS) is 15.5. The van der Waals surface area contributed by atoms with Crippen molar-refractivity contribution in [3.63, 3.8) is 0 Å². The van der Waals surface area contributed by atoms with E-state index in [9.17, 15) is 31.2 Å². The number of hydrogen-bond donors (Lipinski definition) is 3. The lowest BCUT2D eigenvalue weighted by molar-refractivity contribution is 0.0528. The molecule has 60 heavy (non-hydrogen) atoms. The molecule has 0 saturated carbocycles. The predicted molar refractivity (Wildman–Crippen MR) is 238 cm³/mol. The van der Waals surface area contributed by atoms with E-state index in [0.717, 1.165) is 47.3 Å². The number of sulfone groups is 2. The molecule has 4 N–H and O–H groups in total. The van der Waals surface area contributed by atoms with Crippen molar-refractivity contribution in [3.05, 3.63) is 81.5 Å². The number of benzene rings is 2. The minimum Gasteiger partial charge on any atom is -0.444 e. The number of hydrogen-bond acceptors (Lipinski definition) is 10. The van der Waals surface area contributed by atoms with Gasteiger partial charge in [-0.25, -0.2) is 26.4 Å². The van der Waals surface area contributed by atoms with Gasteiger partial charge >= 0.3 is 12.1 Å². The molecule has 0 unspecified atom stereocenters. The van der Waals surface area contributed by atoms with Crippen LogP contribution in [0.2, 0.25) is 0 Å². The van der Waals surface area contributed by atoms with Crippen LogP contribution in [0.5, 0.6) is 0 Å². The van der Waals surface area contributed by atoms with Gasteiger partial charge in [-0.3, -0.25) is 4.79 Å². The Morgan fingerprint density at radius 3 is 1.72 bits per heavy atom. The summed E-state index contributed by atoms with van der Waals surface area (Å²) in [7, 11) is -6.83. The molecule has 2 aliphatic rings. The van der Waals surface area contributed by atoms with Gasteiger partial charge in [0.2, 0.25) is 0 Å². The minimum atomic E-state index is -3.46. The summed E-state index contributed by atoms with van der Waals surface area (Å²) < 4.78 is 57.2. The molecule has 0 bridgehead atoms. The molecule has 3 aromatic rings. The van der Waals surface area contributed by atoms with Gasteiger partial charge in [-0.15, -0.1) is 11.3 Å². The van der Waals surface area contributed by atoms with Gasteiger partial charge in [-0.05, 0) is 132 Å². The molecule has 0 spiro atoms. The van der Waals surface area contributed by atoms with E-state index in [1.807, 2.05) is 30.5 Å². The molecule has 3 heterocycles. The van der Waals surface area contributed by atoms with Crippen molar-refractivity contribution in [3.8, 4) is 0 Å². The Hall–Kier alpha value is -3.99. The quantitative estimate of drug-likeness (QED) is 0.136. The Morgan fingerprint density at radius 1 is 0.733 bits per heavy atom. The fraction of sp³-hybridized carbons (Fsp3) is 0.568. The lowest BCUT2D eigenvalue weighted by Gasteiger charge is -2.31. The fourth-order valence-corrected chi connectivity index (χ4v) is 11.6. The molecular weight excluding hydrogens is 823 g/mol. The molecular formula is C44H65N5O8S3. The van der Waals surface area contributed by atoms with Gasteiger partial charge in [0.25, 0.3) is 5.91 Å². The average Bonchev–Trinajstić information content (AvgIpc) is 3.66. The fourth-order valence-electron chi connectivity index (χ4n) is 7.20. The van der Waals surface area contributed by atoms with Crippen LogP contribution in [0, 0.1) is 6.92 Å². The molecule has 332 valence electrons. The third kappa shape index (κ3) is 14.3. The molecule has 0 atom stereocenters. The highest BCUT2D eigenvalue weighted by Crippen LogP contribution is 2.28. The van der Waals surface area contributed by atoms with Crippen molar-refractivity contribution < 1.29 is 36.0 Å². The second-order valence-electron chi connectivity index (χ2n) is 16.5. The lowest BCUT2D eigenvalue weighted by Crippen LogP contribution is -2.47. The third-order valence-electron chi connectivity index (χ3n) is 10.7. The predicted octanol–water partition coefficient (Wildman–Crippen LogP) is 6.92. The summed E-state index contributed by atoms with van der Waals surface area (Å²) in [6, 6.07) is 15.7. The van der Waals surface area contributed by atoms with Crippen molar-refractivity contribution in [2.75, 3.05) is 45.8 Å². The summed E-state index contributed by atoms with van der Waals surface area (Å²) in [5, 5.41) is 6.63. The van der Waals surface area contributed by atoms with Gasteiger partial charge in [0, 0.05) is 39.3 Å². The Balaban J connectivity index is 0.000000273. The third-order valence-corrected chi connectivity index (χ3v) is 16.3. The van der Waals surface area contributed by atoms with Crippen LogP contribution in [0.15, 0.2) is 69.8 Å². The van der Waals surface area contributed by atoms with Crippen molar-refractivity contribution in [1.29, 1.82) is 0 Å². The second kappa shape index (κ2) is 22.7. The lowest BCUT2D eigenvalue weighted by atomic mass is 10.1. The van der Waals surface area contributed by atoms with Crippen LogP contribution in [-0.4, -0.2) is 107 Å². The molecule has 2 saturated heterocycles. The number of aryl methyl sites for hydroxylation is 1. The number of piperidine rings is 2.